The van der Waals surface area contributed by atoms with Gasteiger partial charge in [0.2, 0.25) is 0 Å². The molecule has 178 valence electrons. The van der Waals surface area contributed by atoms with E-state index in [9.17, 15) is 9.18 Å². The van der Waals surface area contributed by atoms with Crippen molar-refractivity contribution >= 4 is 39.8 Å². The molecule has 2 heterocycles. The molecule has 4 rings (SSSR count). The number of carbonyl (C=O) groups is 1. The van der Waals surface area contributed by atoms with Gasteiger partial charge in [0.1, 0.15) is 23.7 Å². The number of ketones is 1. The molecule has 0 aliphatic carbocycles. The zero-order valence-electron chi connectivity index (χ0n) is 19.4. The number of nitrogens with one attached hydrogen (secondary N) is 1. The number of likely N-dealkylation sites (tertiary alicyclic amines) is 1. The molecular weight excluding hydrogens is 455 g/mol. The number of hydrogen-bond donors (Lipinski definition) is 1. The Balaban J connectivity index is 1.57. The van der Waals surface area contributed by atoms with E-state index in [0.29, 0.717) is 35.4 Å². The first-order valence-electron chi connectivity index (χ1n) is 11.5. The van der Waals surface area contributed by atoms with Crippen molar-refractivity contribution in [2.75, 3.05) is 25.0 Å². The van der Waals surface area contributed by atoms with E-state index in [1.54, 1.807) is 12.1 Å². The molecule has 1 aliphatic heterocycles. The summed E-state index contributed by atoms with van der Waals surface area (Å²) in [5, 5.41) is 3.91. The molecule has 1 atom stereocenters. The third kappa shape index (κ3) is 5.54. The fourth-order valence-electron chi connectivity index (χ4n) is 4.13. The van der Waals surface area contributed by atoms with Gasteiger partial charge >= 0.3 is 0 Å². The number of nitrogens with zero attached hydrogens (tertiary/aromatic N) is 3. The van der Waals surface area contributed by atoms with Gasteiger partial charge in [-0.3, -0.25) is 9.69 Å². The molecule has 0 radical (unpaired) electrons. The van der Waals surface area contributed by atoms with Crippen molar-refractivity contribution in [2.45, 2.75) is 39.2 Å². The van der Waals surface area contributed by atoms with Gasteiger partial charge in [-0.15, -0.1) is 0 Å². The van der Waals surface area contributed by atoms with Gasteiger partial charge in [0.25, 0.3) is 0 Å². The number of aromatic nitrogens is 2. The van der Waals surface area contributed by atoms with Gasteiger partial charge in [0.05, 0.1) is 17.1 Å². The summed E-state index contributed by atoms with van der Waals surface area (Å²) >= 11 is 5.92. The van der Waals surface area contributed by atoms with E-state index < -0.39 is 5.82 Å². The monoisotopic (exact) mass is 482 g/mol. The number of fused-ring (bicyclic) bond motifs is 1. The maximum Gasteiger partial charge on any atom is 0.159 e. The summed E-state index contributed by atoms with van der Waals surface area (Å²) in [6, 6.07) is 8.70. The number of hydrogen-bond acceptors (Lipinski definition) is 6. The molecule has 3 aromatic rings. The minimum atomic E-state index is -0.491. The Morgan fingerprint density at radius 1 is 1.29 bits per heavy atom. The average Bonchev–Trinajstić information content (AvgIpc) is 2.79. The molecule has 1 fully saturated rings. The summed E-state index contributed by atoms with van der Waals surface area (Å²) < 4.78 is 19.3. The van der Waals surface area contributed by atoms with Crippen LogP contribution >= 0.6 is 11.6 Å². The molecule has 1 saturated heterocycles. The predicted molar refractivity (Wildman–Crippen MR) is 134 cm³/mol. The van der Waals surface area contributed by atoms with E-state index in [1.807, 2.05) is 25.1 Å². The first-order valence-corrected chi connectivity index (χ1v) is 11.9. The molecule has 0 spiro atoms. The number of rotatable bonds is 10. The third-order valence-corrected chi connectivity index (χ3v) is 6.33. The van der Waals surface area contributed by atoms with Crippen molar-refractivity contribution < 1.29 is 13.9 Å². The van der Waals surface area contributed by atoms with Crippen LogP contribution in [0.5, 0.6) is 5.75 Å². The van der Waals surface area contributed by atoms with Gasteiger partial charge in [-0.05, 0) is 50.1 Å². The van der Waals surface area contributed by atoms with Crippen molar-refractivity contribution in [3.63, 3.8) is 0 Å². The van der Waals surface area contributed by atoms with Crippen LogP contribution in [-0.4, -0.2) is 46.4 Å². The first-order chi connectivity index (χ1) is 16.5. The molecule has 1 N–H and O–H groups in total. The van der Waals surface area contributed by atoms with Crippen LogP contribution in [0.15, 0.2) is 48.8 Å². The van der Waals surface area contributed by atoms with Crippen LogP contribution < -0.4 is 10.1 Å². The van der Waals surface area contributed by atoms with Gasteiger partial charge in [-0.2, -0.15) is 0 Å². The highest BCUT2D eigenvalue weighted by Gasteiger charge is 2.24. The summed E-state index contributed by atoms with van der Waals surface area (Å²) in [5.74, 6) is 0.670. The van der Waals surface area contributed by atoms with Crippen molar-refractivity contribution in [1.29, 1.82) is 0 Å². The number of benzene rings is 2. The molecule has 1 aliphatic rings. The maximum atomic E-state index is 13.5. The lowest BCUT2D eigenvalue weighted by Crippen LogP contribution is -2.47. The molecule has 0 bridgehead atoms. The van der Waals surface area contributed by atoms with E-state index in [2.05, 4.69) is 27.1 Å². The summed E-state index contributed by atoms with van der Waals surface area (Å²) in [5.41, 5.74) is 2.02. The second-order valence-corrected chi connectivity index (χ2v) is 8.68. The smallest absolute Gasteiger partial charge is 0.159 e. The number of anilines is 2. The van der Waals surface area contributed by atoms with Gasteiger partial charge in [0.15, 0.2) is 5.78 Å². The Labute approximate surface area is 203 Å². The van der Waals surface area contributed by atoms with Gasteiger partial charge in [-0.25, -0.2) is 14.4 Å². The summed E-state index contributed by atoms with van der Waals surface area (Å²) in [6.45, 7) is 6.45. The van der Waals surface area contributed by atoms with Crippen LogP contribution in [0.2, 0.25) is 5.02 Å². The fraction of sp³-hybridized carbons (Fsp3) is 0.346. The van der Waals surface area contributed by atoms with Crippen LogP contribution in [0, 0.1) is 5.82 Å². The highest BCUT2D eigenvalue weighted by atomic mass is 35.5. The Morgan fingerprint density at radius 3 is 2.85 bits per heavy atom. The molecule has 1 aromatic heterocycles. The van der Waals surface area contributed by atoms with Crippen molar-refractivity contribution in [2.24, 2.45) is 0 Å². The second kappa shape index (κ2) is 10.9. The zero-order valence-corrected chi connectivity index (χ0v) is 20.1. The minimum absolute atomic E-state index is 0.00514. The highest BCUT2D eigenvalue weighted by molar-refractivity contribution is 6.31. The molecule has 0 saturated carbocycles. The average molecular weight is 483 g/mol. The summed E-state index contributed by atoms with van der Waals surface area (Å²) in [6.07, 6.45) is 7.62. The molecule has 34 heavy (non-hydrogen) atoms. The summed E-state index contributed by atoms with van der Waals surface area (Å²) in [4.78, 5) is 23.8. The lowest BCUT2D eigenvalue weighted by atomic mass is 10.0. The largest absolute Gasteiger partial charge is 0.494 e. The second-order valence-electron chi connectivity index (χ2n) is 8.28. The molecule has 2 aromatic carbocycles. The van der Waals surface area contributed by atoms with Crippen molar-refractivity contribution in [1.82, 2.24) is 14.9 Å². The number of carbonyl (C=O) groups excluding carboxylic acids is 1. The van der Waals surface area contributed by atoms with E-state index in [-0.39, 0.29) is 17.2 Å². The molecule has 0 unspecified atom stereocenters. The number of halogens is 2. The molecular formula is C26H28ClFN4O2. The van der Waals surface area contributed by atoms with Crippen LogP contribution in [0.1, 0.15) is 32.3 Å². The van der Waals surface area contributed by atoms with E-state index in [4.69, 9.17) is 16.3 Å². The molecule has 8 heteroatoms. The normalized spacial score (nSPS) is 16.1. The Hall–Kier alpha value is -3.03. The Morgan fingerprint density at radius 2 is 2.15 bits per heavy atom. The third-order valence-electron chi connectivity index (χ3n) is 6.05. The van der Waals surface area contributed by atoms with Crippen LogP contribution in [0.25, 0.3) is 10.9 Å². The quantitative estimate of drug-likeness (QED) is 0.373. The van der Waals surface area contributed by atoms with E-state index in [1.165, 1.54) is 24.9 Å². The predicted octanol–water partition coefficient (Wildman–Crippen LogP) is 5.72. The Kier molecular flexibility index (Phi) is 7.75. The Bertz CT molecular complexity index is 1210. The SMILES string of the molecule is CCOc1cc2ncnc(Nc3ccc(F)c(Cl)c3)c2cc1CC(=O)/C=C/CN1CC[C@H]1CC. The number of ether oxygens (including phenoxy) is 1. The number of allylic oxidation sites excluding steroid dienone is 1. The highest BCUT2D eigenvalue weighted by Crippen LogP contribution is 2.31. The van der Waals surface area contributed by atoms with Crippen molar-refractivity contribution in [3.8, 4) is 5.75 Å². The van der Waals surface area contributed by atoms with Gasteiger partial charge in [-0.1, -0.05) is 24.6 Å². The first kappa shape index (κ1) is 24.1. The maximum absolute atomic E-state index is 13.5. The lowest BCUT2D eigenvalue weighted by Gasteiger charge is -2.39. The van der Waals surface area contributed by atoms with Gasteiger partial charge < -0.3 is 10.1 Å². The van der Waals surface area contributed by atoms with Crippen LogP contribution in [0.4, 0.5) is 15.9 Å². The standard InChI is InChI=1S/C26H28ClFN4O2/c1-3-19-9-11-32(19)10-5-6-20(33)12-17-13-21-24(15-25(17)34-4-2)29-16-30-26(21)31-18-7-8-23(28)22(27)14-18/h5-8,13-16,19H,3-4,9-12H2,1-2H3,(H,29,30,31)/b6-5+/t19-/m1/s1. The topological polar surface area (TPSA) is 67.4 Å². The van der Waals surface area contributed by atoms with E-state index in [0.717, 1.165) is 30.5 Å². The molecule has 6 nitrogen and oxygen atoms in total. The zero-order chi connectivity index (χ0) is 24.1. The minimum Gasteiger partial charge on any atom is -0.494 e. The van der Waals surface area contributed by atoms with Gasteiger partial charge in [0, 0.05) is 48.3 Å². The summed E-state index contributed by atoms with van der Waals surface area (Å²) in [7, 11) is 0. The van der Waals surface area contributed by atoms with Crippen LogP contribution in [-0.2, 0) is 11.2 Å². The van der Waals surface area contributed by atoms with E-state index >= 15 is 0 Å². The fourth-order valence-corrected chi connectivity index (χ4v) is 4.31. The molecule has 0 amide bonds. The lowest BCUT2D eigenvalue weighted by molar-refractivity contribution is -0.114. The van der Waals surface area contributed by atoms with Crippen LogP contribution in [0.3, 0.4) is 0 Å². The van der Waals surface area contributed by atoms with Crippen molar-refractivity contribution in [3.05, 3.63) is 65.2 Å².